The summed E-state index contributed by atoms with van der Waals surface area (Å²) in [4.78, 5) is 29.4. The van der Waals surface area contributed by atoms with Crippen molar-refractivity contribution in [2.24, 2.45) is 5.92 Å². The molecular weight excluding hydrogens is 320 g/mol. The van der Waals surface area contributed by atoms with Gasteiger partial charge in [-0.15, -0.1) is 0 Å². The Bertz CT molecular complexity index is 671. The van der Waals surface area contributed by atoms with Crippen LogP contribution in [0.3, 0.4) is 0 Å². The number of likely N-dealkylation sites (tertiary alicyclic amines) is 1. The number of carbonyl (C=O) groups excluding carboxylic acids is 2. The molecule has 0 bridgehead atoms. The average Bonchev–Trinajstić information content (AvgIpc) is 3.03. The molecule has 3 aliphatic heterocycles. The van der Waals surface area contributed by atoms with Crippen LogP contribution in [0.25, 0.3) is 0 Å². The van der Waals surface area contributed by atoms with Gasteiger partial charge in [0, 0.05) is 38.6 Å². The Morgan fingerprint density at radius 3 is 2.72 bits per heavy atom. The van der Waals surface area contributed by atoms with Crippen LogP contribution in [0.4, 0.5) is 0 Å². The zero-order valence-corrected chi connectivity index (χ0v) is 14.5. The minimum absolute atomic E-state index is 0.0644. The van der Waals surface area contributed by atoms with Crippen LogP contribution in [0.5, 0.6) is 0 Å². The van der Waals surface area contributed by atoms with Gasteiger partial charge in [-0.05, 0) is 17.5 Å². The van der Waals surface area contributed by atoms with Crippen molar-refractivity contribution in [3.8, 4) is 0 Å². The maximum absolute atomic E-state index is 12.9. The lowest BCUT2D eigenvalue weighted by Crippen LogP contribution is -2.48. The van der Waals surface area contributed by atoms with Gasteiger partial charge in [0.1, 0.15) is 0 Å². The summed E-state index contributed by atoms with van der Waals surface area (Å²) in [5, 5.41) is 0. The molecule has 0 aromatic heterocycles. The number of benzene rings is 1. The lowest BCUT2D eigenvalue weighted by atomic mass is 9.98. The van der Waals surface area contributed by atoms with Gasteiger partial charge in [0.15, 0.2) is 6.10 Å². The van der Waals surface area contributed by atoms with Crippen molar-refractivity contribution in [3.63, 3.8) is 0 Å². The summed E-state index contributed by atoms with van der Waals surface area (Å²) in [6.07, 6.45) is -0.230. The lowest BCUT2D eigenvalue weighted by Gasteiger charge is -2.34. The number of morpholine rings is 1. The van der Waals surface area contributed by atoms with E-state index in [1.807, 2.05) is 23.1 Å². The standard InChI is InChI=1S/C19H24N2O4/c1-13-11-21(12-16(13)20-6-8-24-9-7-20)18(22)17-10-14-4-2-3-5-15(14)19(23)25-17/h2-5,13,16-17H,6-12H2,1H3/t13-,16+,17-/m1/s1. The minimum atomic E-state index is -0.696. The van der Waals surface area contributed by atoms with Crippen molar-refractivity contribution < 1.29 is 19.1 Å². The van der Waals surface area contributed by atoms with Gasteiger partial charge < -0.3 is 14.4 Å². The first kappa shape index (κ1) is 16.5. The maximum atomic E-state index is 12.9. The zero-order chi connectivity index (χ0) is 17.4. The summed E-state index contributed by atoms with van der Waals surface area (Å²) in [5.41, 5.74) is 1.47. The number of nitrogens with zero attached hydrogens (tertiary/aromatic N) is 2. The van der Waals surface area contributed by atoms with Gasteiger partial charge in [0.2, 0.25) is 0 Å². The van der Waals surface area contributed by atoms with Gasteiger partial charge in [0.25, 0.3) is 5.91 Å². The Hall–Kier alpha value is -1.92. The van der Waals surface area contributed by atoms with Crippen molar-refractivity contribution in [3.05, 3.63) is 35.4 Å². The number of ether oxygens (including phenoxy) is 2. The molecule has 3 heterocycles. The highest BCUT2D eigenvalue weighted by Gasteiger charge is 2.41. The highest BCUT2D eigenvalue weighted by atomic mass is 16.5. The van der Waals surface area contributed by atoms with E-state index in [1.54, 1.807) is 6.07 Å². The predicted octanol–water partition coefficient (Wildman–Crippen LogP) is 0.947. The quantitative estimate of drug-likeness (QED) is 0.748. The maximum Gasteiger partial charge on any atom is 0.339 e. The van der Waals surface area contributed by atoms with Crippen molar-refractivity contribution in [2.75, 3.05) is 39.4 Å². The first-order valence-electron chi connectivity index (χ1n) is 9.03. The number of hydrogen-bond acceptors (Lipinski definition) is 5. The first-order chi connectivity index (χ1) is 12.1. The second kappa shape index (κ2) is 6.77. The highest BCUT2D eigenvalue weighted by Crippen LogP contribution is 2.26. The van der Waals surface area contributed by atoms with Crippen LogP contribution < -0.4 is 0 Å². The van der Waals surface area contributed by atoms with Crippen LogP contribution in [0.2, 0.25) is 0 Å². The van der Waals surface area contributed by atoms with Gasteiger partial charge in [-0.3, -0.25) is 9.69 Å². The van der Waals surface area contributed by atoms with Crippen LogP contribution in [-0.4, -0.2) is 73.2 Å². The van der Waals surface area contributed by atoms with Crippen molar-refractivity contribution in [2.45, 2.75) is 25.5 Å². The third kappa shape index (κ3) is 3.16. The Labute approximate surface area is 147 Å². The molecule has 2 fully saturated rings. The molecule has 0 unspecified atom stereocenters. The topological polar surface area (TPSA) is 59.1 Å². The Morgan fingerprint density at radius 1 is 1.16 bits per heavy atom. The van der Waals surface area contributed by atoms with Gasteiger partial charge in [0.05, 0.1) is 18.8 Å². The molecule has 0 aliphatic carbocycles. The van der Waals surface area contributed by atoms with Crippen LogP contribution in [-0.2, 0) is 20.7 Å². The highest BCUT2D eigenvalue weighted by molar-refractivity contribution is 5.95. The summed E-state index contributed by atoms with van der Waals surface area (Å²) in [5.74, 6) is -0.0451. The third-order valence-corrected chi connectivity index (χ3v) is 5.57. The molecule has 1 aromatic rings. The second-order valence-corrected chi connectivity index (χ2v) is 7.19. The molecule has 3 atom stereocenters. The van der Waals surface area contributed by atoms with E-state index in [-0.39, 0.29) is 5.91 Å². The molecule has 0 saturated carbocycles. The number of fused-ring (bicyclic) bond motifs is 1. The smallest absolute Gasteiger partial charge is 0.339 e. The van der Waals surface area contributed by atoms with E-state index in [0.29, 0.717) is 30.5 Å². The van der Waals surface area contributed by atoms with Crippen LogP contribution >= 0.6 is 0 Å². The van der Waals surface area contributed by atoms with Gasteiger partial charge >= 0.3 is 5.97 Å². The van der Waals surface area contributed by atoms with Crippen LogP contribution in [0.1, 0.15) is 22.8 Å². The van der Waals surface area contributed by atoms with E-state index in [9.17, 15) is 9.59 Å². The van der Waals surface area contributed by atoms with Crippen LogP contribution in [0, 0.1) is 5.92 Å². The second-order valence-electron chi connectivity index (χ2n) is 7.19. The monoisotopic (exact) mass is 344 g/mol. The molecule has 6 nitrogen and oxygen atoms in total. The summed E-state index contributed by atoms with van der Waals surface area (Å²) < 4.78 is 10.9. The van der Waals surface area contributed by atoms with Crippen molar-refractivity contribution >= 4 is 11.9 Å². The molecule has 6 heteroatoms. The van der Waals surface area contributed by atoms with Gasteiger partial charge in [-0.25, -0.2) is 4.79 Å². The Morgan fingerprint density at radius 2 is 1.92 bits per heavy atom. The first-order valence-corrected chi connectivity index (χ1v) is 9.03. The van der Waals surface area contributed by atoms with Crippen molar-refractivity contribution in [1.29, 1.82) is 0 Å². The minimum Gasteiger partial charge on any atom is -0.448 e. The van der Waals surface area contributed by atoms with E-state index in [1.165, 1.54) is 0 Å². The fraction of sp³-hybridized carbons (Fsp3) is 0.579. The molecule has 0 radical (unpaired) electrons. The molecule has 25 heavy (non-hydrogen) atoms. The predicted molar refractivity (Wildman–Crippen MR) is 91.3 cm³/mol. The molecule has 3 aliphatic rings. The Kier molecular flexibility index (Phi) is 4.48. The zero-order valence-electron chi connectivity index (χ0n) is 14.5. The number of amides is 1. The van der Waals surface area contributed by atoms with E-state index >= 15 is 0 Å². The SMILES string of the molecule is C[C@@H]1CN(C(=O)[C@H]2Cc3ccccc3C(=O)O2)C[C@@H]1N1CCOCC1. The lowest BCUT2D eigenvalue weighted by molar-refractivity contribution is -0.140. The number of carbonyl (C=O) groups is 2. The molecule has 1 aromatic carbocycles. The molecule has 4 rings (SSSR count). The molecule has 0 spiro atoms. The van der Waals surface area contributed by atoms with Gasteiger partial charge in [-0.1, -0.05) is 25.1 Å². The van der Waals surface area contributed by atoms with Crippen LogP contribution in [0.15, 0.2) is 24.3 Å². The van der Waals surface area contributed by atoms with Gasteiger partial charge in [-0.2, -0.15) is 0 Å². The fourth-order valence-corrected chi connectivity index (χ4v) is 4.19. The molecule has 2 saturated heterocycles. The third-order valence-electron chi connectivity index (χ3n) is 5.57. The summed E-state index contributed by atoms with van der Waals surface area (Å²) in [6, 6.07) is 7.73. The molecular formula is C19H24N2O4. The summed E-state index contributed by atoms with van der Waals surface area (Å²) >= 11 is 0. The van der Waals surface area contributed by atoms with E-state index in [4.69, 9.17) is 9.47 Å². The molecule has 134 valence electrons. The van der Waals surface area contributed by atoms with E-state index in [0.717, 1.165) is 38.4 Å². The summed E-state index contributed by atoms with van der Waals surface area (Å²) in [7, 11) is 0. The number of hydrogen-bond donors (Lipinski definition) is 0. The fourth-order valence-electron chi connectivity index (χ4n) is 4.19. The van der Waals surface area contributed by atoms with Crippen molar-refractivity contribution in [1.82, 2.24) is 9.80 Å². The normalized spacial score (nSPS) is 30.0. The average molecular weight is 344 g/mol. The van der Waals surface area contributed by atoms with E-state index in [2.05, 4.69) is 11.8 Å². The molecule has 0 N–H and O–H groups in total. The Balaban J connectivity index is 1.44. The number of esters is 1. The van der Waals surface area contributed by atoms with E-state index < -0.39 is 12.1 Å². The summed E-state index contributed by atoms with van der Waals surface area (Å²) in [6.45, 7) is 6.97. The largest absolute Gasteiger partial charge is 0.448 e. The number of rotatable bonds is 2. The number of cyclic esters (lactones) is 1. The molecule has 1 amide bonds.